The number of hydrogen-bond acceptors (Lipinski definition) is 5. The summed E-state index contributed by atoms with van der Waals surface area (Å²) in [5, 5.41) is 2.87. The minimum absolute atomic E-state index is 0.0972. The molecule has 3 heterocycles. The average molecular weight is 346 g/mol. The van der Waals surface area contributed by atoms with Crippen molar-refractivity contribution in [1.82, 2.24) is 25.1 Å². The largest absolute Gasteiger partial charge is 0.343 e. The molecule has 1 aromatic rings. The van der Waals surface area contributed by atoms with Crippen molar-refractivity contribution in [3.8, 4) is 0 Å². The summed E-state index contributed by atoms with van der Waals surface area (Å²) in [6.07, 6.45) is 7.21. The first-order chi connectivity index (χ1) is 12.2. The number of carbonyl (C=O) groups excluding carboxylic acids is 2. The van der Waals surface area contributed by atoms with Gasteiger partial charge in [0.15, 0.2) is 0 Å². The molecule has 1 aromatic heterocycles. The quantitative estimate of drug-likeness (QED) is 0.868. The van der Waals surface area contributed by atoms with Gasteiger partial charge in [0.05, 0.1) is 0 Å². The molecule has 0 radical (unpaired) electrons. The maximum absolute atomic E-state index is 12.2. The van der Waals surface area contributed by atoms with Crippen LogP contribution < -0.4 is 10.2 Å². The molecular formula is C17H26N6O2. The average Bonchev–Trinajstić information content (AvgIpc) is 2.69. The van der Waals surface area contributed by atoms with Gasteiger partial charge in [0.1, 0.15) is 0 Å². The van der Waals surface area contributed by atoms with Crippen LogP contribution in [0.1, 0.15) is 25.7 Å². The maximum atomic E-state index is 12.2. The van der Waals surface area contributed by atoms with Crippen LogP contribution in [0.25, 0.3) is 0 Å². The highest BCUT2D eigenvalue weighted by molar-refractivity contribution is 5.78. The Morgan fingerprint density at radius 3 is 2.28 bits per heavy atom. The Morgan fingerprint density at radius 2 is 1.60 bits per heavy atom. The standard InChI is InChI=1S/C17H26N6O2/c24-15(21-9-2-1-3-10-21)5-8-20-17(25)23-13-11-22(12-14-23)16-18-6-4-7-19-16/h4,6-7H,1-3,5,8-14H2,(H,20,25). The van der Waals surface area contributed by atoms with Crippen LogP contribution >= 0.6 is 0 Å². The van der Waals surface area contributed by atoms with Crippen molar-refractivity contribution in [3.63, 3.8) is 0 Å². The van der Waals surface area contributed by atoms with E-state index in [2.05, 4.69) is 20.2 Å². The number of nitrogens with one attached hydrogen (secondary N) is 1. The highest BCUT2D eigenvalue weighted by Crippen LogP contribution is 2.11. The van der Waals surface area contributed by atoms with E-state index in [0.717, 1.165) is 25.9 Å². The number of rotatable bonds is 4. The molecule has 136 valence electrons. The Kier molecular flexibility index (Phi) is 6.03. The lowest BCUT2D eigenvalue weighted by atomic mass is 10.1. The summed E-state index contributed by atoms with van der Waals surface area (Å²) >= 11 is 0. The summed E-state index contributed by atoms with van der Waals surface area (Å²) in [7, 11) is 0. The van der Waals surface area contributed by atoms with E-state index >= 15 is 0 Å². The number of likely N-dealkylation sites (tertiary alicyclic amines) is 1. The number of nitrogens with zero attached hydrogens (tertiary/aromatic N) is 5. The second-order valence-corrected chi connectivity index (χ2v) is 6.45. The maximum Gasteiger partial charge on any atom is 0.317 e. The molecule has 0 aromatic carbocycles. The predicted molar refractivity (Wildman–Crippen MR) is 94.3 cm³/mol. The van der Waals surface area contributed by atoms with Gasteiger partial charge in [-0.05, 0) is 25.3 Å². The molecule has 0 unspecified atom stereocenters. The fraction of sp³-hybridized carbons (Fsp3) is 0.647. The summed E-state index contributed by atoms with van der Waals surface area (Å²) in [4.78, 5) is 38.6. The number of piperazine rings is 1. The van der Waals surface area contributed by atoms with E-state index in [1.54, 1.807) is 23.4 Å². The Morgan fingerprint density at radius 1 is 0.920 bits per heavy atom. The topological polar surface area (TPSA) is 81.7 Å². The van der Waals surface area contributed by atoms with Crippen molar-refractivity contribution < 1.29 is 9.59 Å². The van der Waals surface area contributed by atoms with E-state index in [1.165, 1.54) is 6.42 Å². The van der Waals surface area contributed by atoms with Crippen molar-refractivity contribution in [2.45, 2.75) is 25.7 Å². The van der Waals surface area contributed by atoms with Crippen molar-refractivity contribution in [1.29, 1.82) is 0 Å². The molecule has 0 bridgehead atoms. The van der Waals surface area contributed by atoms with Gasteiger partial charge < -0.3 is 20.0 Å². The number of carbonyl (C=O) groups is 2. The van der Waals surface area contributed by atoms with Crippen LogP contribution in [0.2, 0.25) is 0 Å². The van der Waals surface area contributed by atoms with E-state index in [-0.39, 0.29) is 11.9 Å². The highest BCUT2D eigenvalue weighted by Gasteiger charge is 2.22. The first-order valence-electron chi connectivity index (χ1n) is 9.06. The number of piperidine rings is 1. The lowest BCUT2D eigenvalue weighted by Crippen LogP contribution is -2.52. The molecule has 2 aliphatic heterocycles. The zero-order valence-electron chi connectivity index (χ0n) is 14.6. The fourth-order valence-electron chi connectivity index (χ4n) is 3.25. The van der Waals surface area contributed by atoms with Crippen molar-refractivity contribution >= 4 is 17.9 Å². The first kappa shape index (κ1) is 17.4. The highest BCUT2D eigenvalue weighted by atomic mass is 16.2. The van der Waals surface area contributed by atoms with Crippen LogP contribution in [0.3, 0.4) is 0 Å². The minimum Gasteiger partial charge on any atom is -0.343 e. The molecule has 2 aliphatic rings. The van der Waals surface area contributed by atoms with Gasteiger partial charge in [-0.1, -0.05) is 0 Å². The molecule has 2 saturated heterocycles. The third kappa shape index (κ3) is 4.80. The van der Waals surface area contributed by atoms with Crippen LogP contribution in [0.5, 0.6) is 0 Å². The SMILES string of the molecule is O=C(CCNC(=O)N1CCN(c2ncccn2)CC1)N1CCCCC1. The molecular weight excluding hydrogens is 320 g/mol. The van der Waals surface area contributed by atoms with E-state index in [9.17, 15) is 9.59 Å². The molecule has 0 atom stereocenters. The van der Waals surface area contributed by atoms with Gasteiger partial charge >= 0.3 is 6.03 Å². The van der Waals surface area contributed by atoms with Crippen LogP contribution in [-0.4, -0.2) is 77.5 Å². The van der Waals surface area contributed by atoms with Gasteiger partial charge in [-0.3, -0.25) is 4.79 Å². The summed E-state index contributed by atoms with van der Waals surface area (Å²) in [5.74, 6) is 0.848. The summed E-state index contributed by atoms with van der Waals surface area (Å²) < 4.78 is 0. The van der Waals surface area contributed by atoms with Gasteiger partial charge in [0, 0.05) is 64.6 Å². The molecule has 0 aliphatic carbocycles. The molecule has 1 N–H and O–H groups in total. The van der Waals surface area contributed by atoms with E-state index in [1.807, 2.05) is 4.90 Å². The van der Waals surface area contributed by atoms with Crippen LogP contribution in [0, 0.1) is 0 Å². The second-order valence-electron chi connectivity index (χ2n) is 6.45. The lowest BCUT2D eigenvalue weighted by Gasteiger charge is -2.34. The third-order valence-electron chi connectivity index (χ3n) is 4.73. The van der Waals surface area contributed by atoms with Gasteiger partial charge in [-0.15, -0.1) is 0 Å². The molecule has 0 saturated carbocycles. The van der Waals surface area contributed by atoms with Crippen LogP contribution in [0.4, 0.5) is 10.7 Å². The predicted octanol–water partition coefficient (Wildman–Crippen LogP) is 0.711. The minimum atomic E-state index is -0.0972. The Hall–Kier alpha value is -2.38. The van der Waals surface area contributed by atoms with Crippen molar-refractivity contribution in [2.75, 3.05) is 50.7 Å². The number of urea groups is 1. The fourth-order valence-corrected chi connectivity index (χ4v) is 3.25. The smallest absolute Gasteiger partial charge is 0.317 e. The summed E-state index contributed by atoms with van der Waals surface area (Å²) in [5.41, 5.74) is 0. The molecule has 8 heteroatoms. The summed E-state index contributed by atoms with van der Waals surface area (Å²) in [6.45, 7) is 4.80. The number of amides is 3. The van der Waals surface area contributed by atoms with E-state index in [4.69, 9.17) is 0 Å². The number of anilines is 1. The van der Waals surface area contributed by atoms with E-state index < -0.39 is 0 Å². The normalized spacial score (nSPS) is 18.2. The molecule has 3 amide bonds. The van der Waals surface area contributed by atoms with E-state index in [0.29, 0.717) is 45.1 Å². The monoisotopic (exact) mass is 346 g/mol. The molecule has 2 fully saturated rings. The van der Waals surface area contributed by atoms with Crippen molar-refractivity contribution in [3.05, 3.63) is 18.5 Å². The van der Waals surface area contributed by atoms with Gasteiger partial charge in [-0.2, -0.15) is 0 Å². The van der Waals surface area contributed by atoms with Gasteiger partial charge in [-0.25, -0.2) is 14.8 Å². The molecule has 0 spiro atoms. The Balaban J connectivity index is 1.36. The van der Waals surface area contributed by atoms with Gasteiger partial charge in [0.2, 0.25) is 11.9 Å². The van der Waals surface area contributed by atoms with Crippen LogP contribution in [0.15, 0.2) is 18.5 Å². The summed E-state index contributed by atoms with van der Waals surface area (Å²) in [6, 6.07) is 1.69. The Bertz CT molecular complexity index is 568. The van der Waals surface area contributed by atoms with Crippen molar-refractivity contribution in [2.24, 2.45) is 0 Å². The molecule has 8 nitrogen and oxygen atoms in total. The number of aromatic nitrogens is 2. The number of hydrogen-bond donors (Lipinski definition) is 1. The Labute approximate surface area is 148 Å². The zero-order chi connectivity index (χ0) is 17.5. The third-order valence-corrected chi connectivity index (χ3v) is 4.73. The molecule has 3 rings (SSSR count). The van der Waals surface area contributed by atoms with Gasteiger partial charge in [0.25, 0.3) is 0 Å². The van der Waals surface area contributed by atoms with Crippen LogP contribution in [-0.2, 0) is 4.79 Å². The lowest BCUT2D eigenvalue weighted by molar-refractivity contribution is -0.131. The second kappa shape index (κ2) is 8.64. The first-order valence-corrected chi connectivity index (χ1v) is 9.06. The molecule has 25 heavy (non-hydrogen) atoms. The zero-order valence-corrected chi connectivity index (χ0v) is 14.6.